The zero-order chi connectivity index (χ0) is 57.1. The molecule has 0 unspecified atom stereocenters. The Morgan fingerprint density at radius 2 is 0.759 bits per heavy atom. The van der Waals surface area contributed by atoms with Gasteiger partial charge in [0.25, 0.3) is 0 Å². The minimum absolute atomic E-state index is 0.188. The highest BCUT2D eigenvalue weighted by molar-refractivity contribution is 5.91. The molecule has 2 aromatic carbocycles. The van der Waals surface area contributed by atoms with Gasteiger partial charge in [-0.1, -0.05) is 38.5 Å². The molecule has 0 radical (unpaired) electrons. The molecule has 440 valence electrons. The van der Waals surface area contributed by atoms with Crippen molar-refractivity contribution in [3.05, 3.63) is 71.8 Å². The van der Waals surface area contributed by atoms with Gasteiger partial charge in [-0.3, -0.25) is 28.8 Å². The van der Waals surface area contributed by atoms with E-state index in [1.54, 1.807) is 31.2 Å². The highest BCUT2D eigenvalue weighted by Gasteiger charge is 2.22. The van der Waals surface area contributed by atoms with Crippen molar-refractivity contribution in [2.45, 2.75) is 200 Å². The molecule has 0 saturated heterocycles. The lowest BCUT2D eigenvalue weighted by molar-refractivity contribution is -0.146. The van der Waals surface area contributed by atoms with Gasteiger partial charge in [-0.15, -0.1) is 0 Å². The molecular formula is C62H90O17. The zero-order valence-electron chi connectivity index (χ0n) is 47.4. The SMILES string of the molecule is C=C(C)C(=O)OCCCCC(=O)OCCCCC(=O)OCCCCC(=O)OCCCCC(=O)OCCCCC(=O)OCCCCC(=O)OCCCCCCOc1ccc(C(=O)Oc2ccc(C3CCC(CCC)CC3)cc2)cc1. The lowest BCUT2D eigenvalue weighted by Crippen LogP contribution is -2.13. The molecule has 0 aromatic heterocycles. The molecule has 17 nitrogen and oxygen atoms in total. The quantitative estimate of drug-likeness (QED) is 0.0198. The number of ether oxygens (including phenoxy) is 9. The molecule has 0 atom stereocenters. The van der Waals surface area contributed by atoms with Crippen LogP contribution in [0, 0.1) is 5.92 Å². The smallest absolute Gasteiger partial charge is 0.343 e. The molecule has 1 aliphatic carbocycles. The number of hydrogen-bond donors (Lipinski definition) is 0. The number of carbonyl (C=O) groups is 8. The van der Waals surface area contributed by atoms with Gasteiger partial charge in [0.2, 0.25) is 0 Å². The molecular weight excluding hydrogens is 1020 g/mol. The van der Waals surface area contributed by atoms with Crippen LogP contribution >= 0.6 is 0 Å². The third-order valence-electron chi connectivity index (χ3n) is 13.3. The summed E-state index contributed by atoms with van der Waals surface area (Å²) in [6, 6.07) is 15.0. The molecule has 0 spiro atoms. The van der Waals surface area contributed by atoms with Crippen LogP contribution in [-0.4, -0.2) is 101 Å². The lowest BCUT2D eigenvalue weighted by atomic mass is 9.77. The second-order valence-electron chi connectivity index (χ2n) is 20.2. The van der Waals surface area contributed by atoms with E-state index in [0.717, 1.165) is 31.6 Å². The van der Waals surface area contributed by atoms with E-state index in [2.05, 4.69) is 25.6 Å². The van der Waals surface area contributed by atoms with E-state index in [0.29, 0.717) is 119 Å². The predicted molar refractivity (Wildman–Crippen MR) is 296 cm³/mol. The molecule has 1 aliphatic rings. The summed E-state index contributed by atoms with van der Waals surface area (Å²) < 4.78 is 47.9. The average molecular weight is 1110 g/mol. The van der Waals surface area contributed by atoms with Gasteiger partial charge >= 0.3 is 47.8 Å². The summed E-state index contributed by atoms with van der Waals surface area (Å²) in [4.78, 5) is 96.1. The average Bonchev–Trinajstić information content (AvgIpc) is 3.45. The first-order valence-electron chi connectivity index (χ1n) is 29.1. The van der Waals surface area contributed by atoms with Crippen molar-refractivity contribution in [3.63, 3.8) is 0 Å². The molecule has 1 fully saturated rings. The number of esters is 8. The Kier molecular flexibility index (Phi) is 36.2. The lowest BCUT2D eigenvalue weighted by Gasteiger charge is -2.28. The fourth-order valence-electron chi connectivity index (χ4n) is 8.67. The summed E-state index contributed by atoms with van der Waals surface area (Å²) in [5, 5.41) is 0. The van der Waals surface area contributed by atoms with E-state index in [9.17, 15) is 38.4 Å². The van der Waals surface area contributed by atoms with Crippen LogP contribution in [0.4, 0.5) is 0 Å². The van der Waals surface area contributed by atoms with Crippen LogP contribution in [0.2, 0.25) is 0 Å². The van der Waals surface area contributed by atoms with Crippen LogP contribution in [0.5, 0.6) is 11.5 Å². The van der Waals surface area contributed by atoms with Crippen LogP contribution in [0.15, 0.2) is 60.7 Å². The topological polar surface area (TPSA) is 220 Å². The Balaban J connectivity index is 1.02. The molecule has 0 aliphatic heterocycles. The van der Waals surface area contributed by atoms with E-state index in [-0.39, 0.29) is 114 Å². The Hall–Kier alpha value is -6.26. The van der Waals surface area contributed by atoms with Gasteiger partial charge in [-0.2, -0.15) is 0 Å². The normalized spacial score (nSPS) is 13.8. The Morgan fingerprint density at radius 3 is 1.13 bits per heavy atom. The highest BCUT2D eigenvalue weighted by Crippen LogP contribution is 2.38. The van der Waals surface area contributed by atoms with Crippen LogP contribution in [0.25, 0.3) is 0 Å². The van der Waals surface area contributed by atoms with Crippen molar-refractivity contribution in [2.24, 2.45) is 5.92 Å². The molecule has 2 aromatic rings. The summed E-state index contributed by atoms with van der Waals surface area (Å²) in [5.41, 5.74) is 2.11. The minimum Gasteiger partial charge on any atom is -0.494 e. The molecule has 17 heteroatoms. The van der Waals surface area contributed by atoms with Gasteiger partial charge in [0.1, 0.15) is 11.5 Å². The third-order valence-corrected chi connectivity index (χ3v) is 13.3. The monoisotopic (exact) mass is 1110 g/mol. The van der Waals surface area contributed by atoms with Gasteiger partial charge in [0.05, 0.1) is 58.4 Å². The molecule has 3 rings (SSSR count). The van der Waals surface area contributed by atoms with Crippen LogP contribution < -0.4 is 9.47 Å². The number of rotatable bonds is 44. The fraction of sp³-hybridized carbons (Fsp3) is 0.645. The van der Waals surface area contributed by atoms with Gasteiger partial charge in [-0.05, 0) is 189 Å². The van der Waals surface area contributed by atoms with Crippen molar-refractivity contribution in [3.8, 4) is 11.5 Å². The first kappa shape index (κ1) is 67.0. The molecule has 0 heterocycles. The second kappa shape index (κ2) is 42.7. The van der Waals surface area contributed by atoms with Gasteiger partial charge < -0.3 is 42.6 Å². The molecule has 0 N–H and O–H groups in total. The first-order chi connectivity index (χ1) is 38.3. The second-order valence-corrected chi connectivity index (χ2v) is 20.2. The predicted octanol–water partition coefficient (Wildman–Crippen LogP) is 12.3. The summed E-state index contributed by atoms with van der Waals surface area (Å²) >= 11 is 0. The summed E-state index contributed by atoms with van der Waals surface area (Å²) in [6.07, 6.45) is 18.6. The maximum Gasteiger partial charge on any atom is 0.343 e. The van der Waals surface area contributed by atoms with E-state index in [1.165, 1.54) is 44.1 Å². The van der Waals surface area contributed by atoms with E-state index >= 15 is 0 Å². The number of benzene rings is 2. The molecule has 0 amide bonds. The summed E-state index contributed by atoms with van der Waals surface area (Å²) in [7, 11) is 0. The first-order valence-corrected chi connectivity index (χ1v) is 29.1. The van der Waals surface area contributed by atoms with Crippen LogP contribution in [-0.2, 0) is 66.7 Å². The third kappa shape index (κ3) is 33.7. The van der Waals surface area contributed by atoms with Crippen molar-refractivity contribution < 1.29 is 81.0 Å². The number of carbonyl (C=O) groups excluding carboxylic acids is 8. The van der Waals surface area contributed by atoms with Gasteiger partial charge in [0, 0.05) is 44.1 Å². The summed E-state index contributed by atoms with van der Waals surface area (Å²) in [6.45, 7) is 9.44. The van der Waals surface area contributed by atoms with Crippen LogP contribution in [0.3, 0.4) is 0 Å². The van der Waals surface area contributed by atoms with Gasteiger partial charge in [-0.25, -0.2) is 9.59 Å². The summed E-state index contributed by atoms with van der Waals surface area (Å²) in [5.74, 6) is -0.197. The van der Waals surface area contributed by atoms with E-state index in [1.807, 2.05) is 12.1 Å². The number of unbranched alkanes of at least 4 members (excludes halogenated alkanes) is 9. The molecule has 79 heavy (non-hydrogen) atoms. The van der Waals surface area contributed by atoms with Crippen LogP contribution in [0.1, 0.15) is 215 Å². The van der Waals surface area contributed by atoms with Crippen molar-refractivity contribution >= 4 is 47.8 Å². The van der Waals surface area contributed by atoms with Crippen molar-refractivity contribution in [1.29, 1.82) is 0 Å². The minimum atomic E-state index is -0.451. The number of hydrogen-bond acceptors (Lipinski definition) is 17. The van der Waals surface area contributed by atoms with Crippen molar-refractivity contribution in [2.75, 3.05) is 52.9 Å². The highest BCUT2D eigenvalue weighted by atomic mass is 16.6. The Morgan fingerprint density at radius 1 is 0.418 bits per heavy atom. The Labute approximate surface area is 468 Å². The zero-order valence-corrected chi connectivity index (χ0v) is 47.4. The van der Waals surface area contributed by atoms with E-state index in [4.69, 9.17) is 42.6 Å². The standard InChI is InChI=1S/C62H90O17/c1-4-21-49-28-30-50(31-29-49)51-32-38-54(39-33-51)79-62(70)52-34-36-53(37-35-52)71-40-13-5-6-14-41-72-55(63)22-7-15-42-73-56(64)23-8-16-43-74-57(65)24-9-17-44-75-58(66)25-10-18-45-76-59(67)26-11-19-46-77-60(68)27-12-20-47-78-61(69)48(2)3/h32-39,49-50H,2,4-31,40-47H2,1,3H3. The fourth-order valence-corrected chi connectivity index (χ4v) is 8.67. The largest absolute Gasteiger partial charge is 0.494 e. The maximum atomic E-state index is 12.8. The van der Waals surface area contributed by atoms with E-state index < -0.39 is 11.9 Å². The maximum absolute atomic E-state index is 12.8. The molecule has 0 bridgehead atoms. The Bertz CT molecular complexity index is 2090. The molecule has 1 saturated carbocycles. The van der Waals surface area contributed by atoms with Gasteiger partial charge in [0.15, 0.2) is 0 Å². The van der Waals surface area contributed by atoms with Crippen molar-refractivity contribution in [1.82, 2.24) is 0 Å².